The first-order valence-electron chi connectivity index (χ1n) is 8.33. The molecule has 0 amide bonds. The third kappa shape index (κ3) is 6.96. The third-order valence-corrected chi connectivity index (χ3v) is 3.07. The van der Waals surface area contributed by atoms with Crippen molar-refractivity contribution in [1.82, 2.24) is 0 Å². The van der Waals surface area contributed by atoms with E-state index < -0.39 is 17.9 Å². The average Bonchev–Trinajstić information content (AvgIpc) is 2.61. The highest BCUT2D eigenvalue weighted by molar-refractivity contribution is 5.96. The van der Waals surface area contributed by atoms with Crippen LogP contribution >= 0.6 is 0 Å². The largest absolute Gasteiger partial charge is 0.493 e. The Bertz CT molecular complexity index is 628. The molecular weight excluding hydrogens is 340 g/mol. The fraction of sp³-hybridized carbons (Fsp3) is 0.421. The summed E-state index contributed by atoms with van der Waals surface area (Å²) in [6, 6.07) is 4.37. The second-order valence-electron chi connectivity index (χ2n) is 5.31. The van der Waals surface area contributed by atoms with Crippen LogP contribution in [0.3, 0.4) is 0 Å². The monoisotopic (exact) mass is 364 g/mol. The normalized spacial score (nSPS) is 9.96. The summed E-state index contributed by atoms with van der Waals surface area (Å²) in [5.41, 5.74) is 0.717. The Hall–Kier alpha value is -2.83. The van der Waals surface area contributed by atoms with Crippen molar-refractivity contribution < 1.29 is 33.3 Å². The molecule has 0 N–H and O–H groups in total. The lowest BCUT2D eigenvalue weighted by Gasteiger charge is -2.11. The predicted molar refractivity (Wildman–Crippen MR) is 94.2 cm³/mol. The zero-order valence-electron chi connectivity index (χ0n) is 15.3. The summed E-state index contributed by atoms with van der Waals surface area (Å²) < 4.78 is 20.4. The molecule has 0 unspecified atom stereocenters. The molecule has 26 heavy (non-hydrogen) atoms. The molecule has 0 aliphatic heterocycles. The average molecular weight is 364 g/mol. The topological polar surface area (TPSA) is 88.1 Å². The molecule has 0 heterocycles. The van der Waals surface area contributed by atoms with E-state index in [0.29, 0.717) is 17.7 Å². The molecule has 0 saturated heterocycles. The summed E-state index contributed by atoms with van der Waals surface area (Å²) in [5.74, 6) is -1.25. The highest BCUT2D eigenvalue weighted by atomic mass is 16.5. The molecule has 0 atom stereocenters. The lowest BCUT2D eigenvalue weighted by atomic mass is 10.1. The van der Waals surface area contributed by atoms with E-state index in [1.807, 2.05) is 0 Å². The van der Waals surface area contributed by atoms with E-state index in [2.05, 4.69) is 6.58 Å². The molecule has 7 heteroatoms. The van der Waals surface area contributed by atoms with Gasteiger partial charge in [-0.25, -0.2) is 14.4 Å². The zero-order valence-corrected chi connectivity index (χ0v) is 15.3. The Morgan fingerprint density at radius 1 is 0.885 bits per heavy atom. The highest BCUT2D eigenvalue weighted by Crippen LogP contribution is 2.19. The maximum Gasteiger partial charge on any atom is 0.338 e. The molecule has 1 aromatic rings. The maximum atomic E-state index is 11.9. The standard InChI is InChI=1S/C19H24O7/c1-5-23-18(21)14-10-15(19(22)24-6-2)12-16(11-14)25-8-7-9-26-17(20)13(3)4/h10-12H,3,5-9H2,1-2,4H3. The van der Waals surface area contributed by atoms with Crippen molar-refractivity contribution in [2.24, 2.45) is 0 Å². The number of benzene rings is 1. The van der Waals surface area contributed by atoms with Gasteiger partial charge < -0.3 is 18.9 Å². The summed E-state index contributed by atoms with van der Waals surface area (Å²) in [7, 11) is 0. The first-order valence-corrected chi connectivity index (χ1v) is 8.33. The Morgan fingerprint density at radius 2 is 1.42 bits per heavy atom. The van der Waals surface area contributed by atoms with E-state index >= 15 is 0 Å². The molecule has 0 saturated carbocycles. The molecule has 0 aliphatic rings. The van der Waals surface area contributed by atoms with E-state index in [1.54, 1.807) is 20.8 Å². The van der Waals surface area contributed by atoms with Crippen LogP contribution in [-0.2, 0) is 19.0 Å². The van der Waals surface area contributed by atoms with Crippen LogP contribution in [0.4, 0.5) is 0 Å². The number of rotatable bonds is 10. The highest BCUT2D eigenvalue weighted by Gasteiger charge is 2.15. The van der Waals surface area contributed by atoms with Gasteiger partial charge >= 0.3 is 17.9 Å². The lowest BCUT2D eigenvalue weighted by molar-refractivity contribution is -0.139. The van der Waals surface area contributed by atoms with Crippen LogP contribution < -0.4 is 4.74 Å². The van der Waals surface area contributed by atoms with Crippen LogP contribution in [-0.4, -0.2) is 44.3 Å². The smallest absolute Gasteiger partial charge is 0.338 e. The van der Waals surface area contributed by atoms with Gasteiger partial charge in [-0.15, -0.1) is 0 Å². The van der Waals surface area contributed by atoms with Gasteiger partial charge in [0.25, 0.3) is 0 Å². The van der Waals surface area contributed by atoms with E-state index in [1.165, 1.54) is 18.2 Å². The van der Waals surface area contributed by atoms with Crippen molar-refractivity contribution >= 4 is 17.9 Å². The van der Waals surface area contributed by atoms with Gasteiger partial charge in [-0.05, 0) is 39.0 Å². The zero-order chi connectivity index (χ0) is 19.5. The van der Waals surface area contributed by atoms with Gasteiger partial charge in [-0.3, -0.25) is 0 Å². The van der Waals surface area contributed by atoms with E-state index in [9.17, 15) is 14.4 Å². The Labute approximate surface area is 152 Å². The predicted octanol–water partition coefficient (Wildman–Crippen LogP) is 2.93. The summed E-state index contributed by atoms with van der Waals surface area (Å²) in [4.78, 5) is 35.2. The third-order valence-electron chi connectivity index (χ3n) is 3.07. The lowest BCUT2D eigenvalue weighted by Crippen LogP contribution is -2.11. The maximum absolute atomic E-state index is 11.9. The molecule has 1 rings (SSSR count). The number of ether oxygens (including phenoxy) is 4. The fourth-order valence-corrected chi connectivity index (χ4v) is 1.88. The number of hydrogen-bond acceptors (Lipinski definition) is 7. The van der Waals surface area contributed by atoms with Crippen molar-refractivity contribution in [3.05, 3.63) is 41.5 Å². The number of esters is 3. The van der Waals surface area contributed by atoms with Crippen LogP contribution in [0.15, 0.2) is 30.4 Å². The fourth-order valence-electron chi connectivity index (χ4n) is 1.88. The molecule has 142 valence electrons. The van der Waals surface area contributed by atoms with Crippen LogP contribution in [0.1, 0.15) is 47.9 Å². The van der Waals surface area contributed by atoms with E-state index in [0.717, 1.165) is 0 Å². The second-order valence-corrected chi connectivity index (χ2v) is 5.31. The van der Waals surface area contributed by atoms with Gasteiger partial charge in [0.15, 0.2) is 0 Å². The Morgan fingerprint density at radius 3 is 1.88 bits per heavy atom. The Kier molecular flexibility index (Phi) is 8.91. The number of carbonyl (C=O) groups excluding carboxylic acids is 3. The first kappa shape index (κ1) is 21.2. The quantitative estimate of drug-likeness (QED) is 0.273. The minimum Gasteiger partial charge on any atom is -0.493 e. The molecule has 0 radical (unpaired) electrons. The Balaban J connectivity index is 2.75. The van der Waals surface area contributed by atoms with E-state index in [4.69, 9.17) is 18.9 Å². The molecular formula is C19H24O7. The first-order chi connectivity index (χ1) is 12.4. The number of hydrogen-bond donors (Lipinski definition) is 0. The van der Waals surface area contributed by atoms with Crippen LogP contribution in [0, 0.1) is 0 Å². The van der Waals surface area contributed by atoms with Crippen molar-refractivity contribution in [1.29, 1.82) is 0 Å². The molecule has 7 nitrogen and oxygen atoms in total. The SMILES string of the molecule is C=C(C)C(=O)OCCCOc1cc(C(=O)OCC)cc(C(=O)OCC)c1. The van der Waals surface area contributed by atoms with Crippen molar-refractivity contribution in [3.63, 3.8) is 0 Å². The van der Waals surface area contributed by atoms with Crippen molar-refractivity contribution in [2.45, 2.75) is 27.2 Å². The van der Waals surface area contributed by atoms with Gasteiger partial charge in [-0.1, -0.05) is 6.58 Å². The molecule has 1 aromatic carbocycles. The molecule has 0 fully saturated rings. The summed E-state index contributed by atoms with van der Waals surface area (Å²) in [5, 5.41) is 0. The van der Waals surface area contributed by atoms with Gasteiger partial charge in [0.05, 0.1) is 37.6 Å². The van der Waals surface area contributed by atoms with Gasteiger partial charge in [0, 0.05) is 12.0 Å². The van der Waals surface area contributed by atoms with Crippen molar-refractivity contribution in [3.8, 4) is 5.75 Å². The minimum atomic E-state index is -0.557. The summed E-state index contributed by atoms with van der Waals surface area (Å²) in [6.45, 7) is 9.28. The number of carbonyl (C=O) groups is 3. The van der Waals surface area contributed by atoms with Gasteiger partial charge in [-0.2, -0.15) is 0 Å². The van der Waals surface area contributed by atoms with Gasteiger partial charge in [0.2, 0.25) is 0 Å². The van der Waals surface area contributed by atoms with Gasteiger partial charge in [0.1, 0.15) is 5.75 Å². The van der Waals surface area contributed by atoms with Crippen LogP contribution in [0.25, 0.3) is 0 Å². The van der Waals surface area contributed by atoms with Crippen LogP contribution in [0.5, 0.6) is 5.75 Å². The minimum absolute atomic E-state index is 0.175. The molecule has 0 aromatic heterocycles. The van der Waals surface area contributed by atoms with E-state index in [-0.39, 0.29) is 37.6 Å². The van der Waals surface area contributed by atoms with Crippen molar-refractivity contribution in [2.75, 3.05) is 26.4 Å². The summed E-state index contributed by atoms with van der Waals surface area (Å²) in [6.07, 6.45) is 0.442. The molecule has 0 bridgehead atoms. The molecule has 0 aliphatic carbocycles. The second kappa shape index (κ2) is 10.9. The molecule has 0 spiro atoms. The summed E-state index contributed by atoms with van der Waals surface area (Å²) >= 11 is 0. The van der Waals surface area contributed by atoms with Crippen LogP contribution in [0.2, 0.25) is 0 Å².